The summed E-state index contributed by atoms with van der Waals surface area (Å²) < 4.78 is 5.99. The minimum Gasteiger partial charge on any atom is -0.436 e. The Hall–Kier alpha value is -5.94. The summed E-state index contributed by atoms with van der Waals surface area (Å²) in [4.78, 5) is 19.5. The van der Waals surface area contributed by atoms with Crippen molar-refractivity contribution in [3.63, 3.8) is 0 Å². The highest BCUT2D eigenvalue weighted by molar-refractivity contribution is 6.04. The van der Waals surface area contributed by atoms with Gasteiger partial charge in [0.25, 0.3) is 0 Å². The Morgan fingerprint density at radius 2 is 0.860 bits per heavy atom. The molecule has 0 bridgehead atoms. The molecule has 0 N–H and O–H groups in total. The maximum absolute atomic E-state index is 5.99. The average Bonchev–Trinajstić information content (AvgIpc) is 3.53. The van der Waals surface area contributed by atoms with Crippen LogP contribution in [-0.4, -0.2) is 19.9 Å². The predicted octanol–water partition coefficient (Wildman–Crippen LogP) is 9.50. The molecular weight excluding hydrogens is 528 g/mol. The zero-order valence-electron chi connectivity index (χ0n) is 23.1. The van der Waals surface area contributed by atoms with E-state index in [2.05, 4.69) is 65.6 Å². The van der Waals surface area contributed by atoms with E-state index in [9.17, 15) is 0 Å². The van der Waals surface area contributed by atoms with Crippen LogP contribution in [0.15, 0.2) is 150 Å². The first kappa shape index (κ1) is 24.8. The predicted molar refractivity (Wildman–Crippen MR) is 172 cm³/mol. The van der Waals surface area contributed by atoms with Crippen molar-refractivity contribution in [3.8, 4) is 56.7 Å². The molecule has 5 nitrogen and oxygen atoms in total. The molecule has 43 heavy (non-hydrogen) atoms. The van der Waals surface area contributed by atoms with Crippen LogP contribution in [0.5, 0.6) is 0 Å². The lowest BCUT2D eigenvalue weighted by Gasteiger charge is -2.13. The van der Waals surface area contributed by atoms with Crippen molar-refractivity contribution in [1.82, 2.24) is 19.9 Å². The molecule has 0 aliphatic heterocycles. The van der Waals surface area contributed by atoms with E-state index >= 15 is 0 Å². The van der Waals surface area contributed by atoms with Crippen molar-refractivity contribution >= 4 is 21.9 Å². The van der Waals surface area contributed by atoms with Gasteiger partial charge in [-0.25, -0.2) is 19.9 Å². The van der Waals surface area contributed by atoms with Crippen LogP contribution in [0.4, 0.5) is 0 Å². The molecule has 0 fully saturated rings. The second kappa shape index (κ2) is 10.5. The van der Waals surface area contributed by atoms with Gasteiger partial charge in [0, 0.05) is 22.3 Å². The van der Waals surface area contributed by atoms with E-state index in [-0.39, 0.29) is 0 Å². The van der Waals surface area contributed by atoms with E-state index in [0.29, 0.717) is 23.4 Å². The van der Waals surface area contributed by atoms with Gasteiger partial charge in [-0.3, -0.25) is 0 Å². The van der Waals surface area contributed by atoms with E-state index in [1.165, 1.54) is 0 Å². The molecule has 8 aromatic rings. The second-order valence-corrected chi connectivity index (χ2v) is 10.3. The van der Waals surface area contributed by atoms with Crippen LogP contribution in [0, 0.1) is 0 Å². The topological polar surface area (TPSA) is 64.7 Å². The van der Waals surface area contributed by atoms with Crippen LogP contribution in [0.1, 0.15) is 0 Å². The van der Waals surface area contributed by atoms with Crippen molar-refractivity contribution in [3.05, 3.63) is 146 Å². The number of benzene rings is 6. The van der Waals surface area contributed by atoms with Gasteiger partial charge in [-0.05, 0) is 52.2 Å². The summed E-state index contributed by atoms with van der Waals surface area (Å²) >= 11 is 0. The molecule has 0 spiro atoms. The van der Waals surface area contributed by atoms with E-state index in [0.717, 1.165) is 55.3 Å². The van der Waals surface area contributed by atoms with Gasteiger partial charge in [0.05, 0.1) is 0 Å². The van der Waals surface area contributed by atoms with E-state index in [1.54, 1.807) is 0 Å². The van der Waals surface area contributed by atoms with Crippen LogP contribution in [-0.2, 0) is 0 Å². The summed E-state index contributed by atoms with van der Waals surface area (Å²) in [7, 11) is 0. The highest BCUT2D eigenvalue weighted by Crippen LogP contribution is 2.36. The van der Waals surface area contributed by atoms with Crippen LogP contribution in [0.2, 0.25) is 0 Å². The molecule has 2 aromatic heterocycles. The Kier molecular flexibility index (Phi) is 6.05. The average molecular weight is 553 g/mol. The lowest BCUT2D eigenvalue weighted by Crippen LogP contribution is -2.00. The number of rotatable bonds is 5. The zero-order chi connectivity index (χ0) is 28.6. The van der Waals surface area contributed by atoms with Gasteiger partial charge < -0.3 is 4.42 Å². The van der Waals surface area contributed by atoms with E-state index in [4.69, 9.17) is 19.4 Å². The molecule has 0 saturated carbocycles. The van der Waals surface area contributed by atoms with Crippen molar-refractivity contribution in [1.29, 1.82) is 0 Å². The Labute approximate surface area is 248 Å². The molecule has 0 radical (unpaired) electrons. The maximum Gasteiger partial charge on any atom is 0.227 e. The number of hydrogen-bond acceptors (Lipinski definition) is 5. The fourth-order valence-corrected chi connectivity index (χ4v) is 5.46. The first-order valence-electron chi connectivity index (χ1n) is 14.2. The first-order chi connectivity index (χ1) is 21.3. The third-order valence-electron chi connectivity index (χ3n) is 7.60. The van der Waals surface area contributed by atoms with Crippen molar-refractivity contribution < 1.29 is 4.42 Å². The molecule has 6 aromatic carbocycles. The third-order valence-corrected chi connectivity index (χ3v) is 7.60. The fraction of sp³-hybridized carbons (Fsp3) is 0. The standard InChI is InChI=1S/C38H24N4O/c1-3-11-26(12-4-1)35-40-36(27-13-5-2-6-14-27)42-37(41-35)32-24-23-29(30-15-7-8-16-31(30)32)25-19-21-28(22-20-25)38-39-33-17-9-10-18-34(33)43-38/h1-24H. The van der Waals surface area contributed by atoms with Gasteiger partial charge in [0.2, 0.25) is 5.89 Å². The van der Waals surface area contributed by atoms with Gasteiger partial charge >= 0.3 is 0 Å². The molecule has 0 aliphatic rings. The largest absolute Gasteiger partial charge is 0.436 e. The number of para-hydroxylation sites is 2. The van der Waals surface area contributed by atoms with E-state index in [1.807, 2.05) is 84.9 Å². The van der Waals surface area contributed by atoms with E-state index < -0.39 is 0 Å². The maximum atomic E-state index is 5.99. The summed E-state index contributed by atoms with van der Waals surface area (Å²) in [5, 5.41) is 2.20. The Balaban J connectivity index is 1.24. The smallest absolute Gasteiger partial charge is 0.227 e. The van der Waals surface area contributed by atoms with Crippen molar-refractivity contribution in [2.75, 3.05) is 0 Å². The summed E-state index contributed by atoms with van der Waals surface area (Å²) in [6.07, 6.45) is 0. The zero-order valence-corrected chi connectivity index (χ0v) is 23.1. The van der Waals surface area contributed by atoms with Crippen molar-refractivity contribution in [2.45, 2.75) is 0 Å². The monoisotopic (exact) mass is 552 g/mol. The lowest BCUT2D eigenvalue weighted by atomic mass is 9.94. The molecule has 0 unspecified atom stereocenters. The van der Waals surface area contributed by atoms with Crippen LogP contribution in [0.3, 0.4) is 0 Å². The second-order valence-electron chi connectivity index (χ2n) is 10.3. The van der Waals surface area contributed by atoms with Crippen LogP contribution >= 0.6 is 0 Å². The van der Waals surface area contributed by atoms with Crippen LogP contribution < -0.4 is 0 Å². The van der Waals surface area contributed by atoms with Crippen molar-refractivity contribution in [2.24, 2.45) is 0 Å². The summed E-state index contributed by atoms with van der Waals surface area (Å²) in [6.45, 7) is 0. The molecule has 0 aliphatic carbocycles. The highest BCUT2D eigenvalue weighted by atomic mass is 16.3. The van der Waals surface area contributed by atoms with Gasteiger partial charge in [0.1, 0.15) is 5.52 Å². The number of nitrogens with zero attached hydrogens (tertiary/aromatic N) is 4. The molecule has 2 heterocycles. The van der Waals surface area contributed by atoms with Gasteiger partial charge in [-0.15, -0.1) is 0 Å². The number of fused-ring (bicyclic) bond motifs is 2. The third kappa shape index (κ3) is 4.63. The molecule has 8 rings (SSSR count). The molecular formula is C38H24N4O. The minimum atomic E-state index is 0.617. The van der Waals surface area contributed by atoms with Crippen LogP contribution in [0.25, 0.3) is 78.6 Å². The number of aromatic nitrogens is 4. The lowest BCUT2D eigenvalue weighted by molar-refractivity contribution is 0.620. The number of hydrogen-bond donors (Lipinski definition) is 0. The summed E-state index contributed by atoms with van der Waals surface area (Å²) in [5.74, 6) is 2.55. The molecule has 0 saturated heterocycles. The van der Waals surface area contributed by atoms with Gasteiger partial charge in [-0.1, -0.05) is 115 Å². The SMILES string of the molecule is c1ccc(-c2nc(-c3ccccc3)nc(-c3ccc(-c4ccc(-c5nc6ccccc6o5)cc4)c4ccccc34)n2)cc1. The summed E-state index contributed by atoms with van der Waals surface area (Å²) in [6, 6.07) is 49.0. The number of oxazole rings is 1. The molecule has 5 heteroatoms. The quantitative estimate of drug-likeness (QED) is 0.213. The highest BCUT2D eigenvalue weighted by Gasteiger charge is 2.16. The Bertz CT molecular complexity index is 2130. The Morgan fingerprint density at radius 1 is 0.349 bits per heavy atom. The molecule has 0 atom stereocenters. The van der Waals surface area contributed by atoms with Gasteiger partial charge in [0.15, 0.2) is 23.1 Å². The first-order valence-corrected chi connectivity index (χ1v) is 14.2. The molecule has 202 valence electrons. The summed E-state index contributed by atoms with van der Waals surface area (Å²) in [5.41, 5.74) is 7.66. The minimum absolute atomic E-state index is 0.617. The molecule has 0 amide bonds. The Morgan fingerprint density at radius 3 is 1.51 bits per heavy atom. The fourth-order valence-electron chi connectivity index (χ4n) is 5.46. The normalized spacial score (nSPS) is 11.3. The van der Waals surface area contributed by atoms with Gasteiger partial charge in [-0.2, -0.15) is 0 Å².